The van der Waals surface area contributed by atoms with E-state index in [1.54, 1.807) is 12.1 Å². The third-order valence-electron chi connectivity index (χ3n) is 3.33. The number of alkyl halides is 3. The molecule has 0 radical (unpaired) electrons. The van der Waals surface area contributed by atoms with Gasteiger partial charge in [-0.25, -0.2) is 0 Å². The van der Waals surface area contributed by atoms with Crippen molar-refractivity contribution >= 4 is 0 Å². The third-order valence-corrected chi connectivity index (χ3v) is 3.33. The van der Waals surface area contributed by atoms with Crippen molar-refractivity contribution in [2.24, 2.45) is 0 Å². The van der Waals surface area contributed by atoms with Gasteiger partial charge in [-0.2, -0.15) is 13.2 Å². The highest BCUT2D eigenvalue weighted by Gasteiger charge is 2.31. The average molecular weight is 281 g/mol. The Morgan fingerprint density at radius 3 is 2.35 bits per heavy atom. The number of aryl methyl sites for hydroxylation is 1. The largest absolute Gasteiger partial charge is 0.417 e. The van der Waals surface area contributed by atoms with Crippen LogP contribution in [-0.2, 0) is 6.18 Å². The van der Waals surface area contributed by atoms with Crippen LogP contribution in [0.4, 0.5) is 13.2 Å². The van der Waals surface area contributed by atoms with Crippen LogP contribution in [0, 0.1) is 13.8 Å². The number of aromatic nitrogens is 1. The van der Waals surface area contributed by atoms with E-state index in [1.165, 1.54) is 6.07 Å². The lowest BCUT2D eigenvalue weighted by molar-refractivity contribution is -0.137. The molecule has 1 N–H and O–H groups in total. The molecule has 0 aliphatic carbocycles. The fourth-order valence-corrected chi connectivity index (χ4v) is 1.96. The Labute approximate surface area is 114 Å². The molecule has 0 bridgehead atoms. The topological polar surface area (TPSA) is 33.1 Å². The van der Waals surface area contributed by atoms with E-state index in [-0.39, 0.29) is 5.69 Å². The Morgan fingerprint density at radius 2 is 1.80 bits per heavy atom. The fourth-order valence-electron chi connectivity index (χ4n) is 1.96. The minimum atomic E-state index is -4.42. The minimum absolute atomic E-state index is 0.201. The van der Waals surface area contributed by atoms with E-state index >= 15 is 0 Å². The summed E-state index contributed by atoms with van der Waals surface area (Å²) in [6.07, 6.45) is -4.71. The summed E-state index contributed by atoms with van der Waals surface area (Å²) < 4.78 is 37.4. The maximum Gasteiger partial charge on any atom is 0.417 e. The van der Waals surface area contributed by atoms with Gasteiger partial charge in [-0.15, -0.1) is 0 Å². The van der Waals surface area contributed by atoms with Gasteiger partial charge in [0.25, 0.3) is 0 Å². The van der Waals surface area contributed by atoms with Gasteiger partial charge >= 0.3 is 6.18 Å². The normalized spacial score (nSPS) is 13.3. The van der Waals surface area contributed by atoms with Gasteiger partial charge in [-0.1, -0.05) is 18.2 Å². The standard InChI is InChI=1S/C15H14F3NO/c1-9-4-3-5-12(10(9)2)14(20)13-7-6-11(8-19-13)15(16,17)18/h3-8,14,20H,1-2H3. The molecule has 0 saturated heterocycles. The molecule has 1 aromatic carbocycles. The van der Waals surface area contributed by atoms with Crippen LogP contribution in [0.2, 0.25) is 0 Å². The van der Waals surface area contributed by atoms with Gasteiger partial charge in [0.2, 0.25) is 0 Å². The first-order valence-corrected chi connectivity index (χ1v) is 6.08. The second-order valence-electron chi connectivity index (χ2n) is 4.66. The molecule has 106 valence electrons. The van der Waals surface area contributed by atoms with Gasteiger partial charge in [0.15, 0.2) is 0 Å². The van der Waals surface area contributed by atoms with E-state index in [1.807, 2.05) is 19.9 Å². The number of aliphatic hydroxyl groups excluding tert-OH is 1. The van der Waals surface area contributed by atoms with Crippen LogP contribution in [0.3, 0.4) is 0 Å². The van der Waals surface area contributed by atoms with E-state index in [4.69, 9.17) is 0 Å². The molecule has 5 heteroatoms. The summed E-state index contributed by atoms with van der Waals surface area (Å²) in [6, 6.07) is 7.58. The van der Waals surface area contributed by atoms with Crippen molar-refractivity contribution in [1.82, 2.24) is 4.98 Å². The van der Waals surface area contributed by atoms with Gasteiger partial charge < -0.3 is 5.11 Å². The number of halogens is 3. The highest BCUT2D eigenvalue weighted by molar-refractivity contribution is 5.38. The van der Waals surface area contributed by atoms with E-state index in [0.717, 1.165) is 23.4 Å². The fraction of sp³-hybridized carbons (Fsp3) is 0.267. The maximum atomic E-state index is 12.5. The molecule has 0 fully saturated rings. The molecular weight excluding hydrogens is 267 g/mol. The molecule has 1 atom stereocenters. The van der Waals surface area contributed by atoms with Crippen LogP contribution in [0.1, 0.15) is 34.1 Å². The minimum Gasteiger partial charge on any atom is -0.382 e. The van der Waals surface area contributed by atoms with Crippen molar-refractivity contribution in [3.05, 3.63) is 64.5 Å². The lowest BCUT2D eigenvalue weighted by Crippen LogP contribution is -2.09. The van der Waals surface area contributed by atoms with E-state index in [9.17, 15) is 18.3 Å². The first-order chi connectivity index (χ1) is 9.30. The Morgan fingerprint density at radius 1 is 1.10 bits per heavy atom. The predicted octanol–water partition coefficient (Wildman–Crippen LogP) is 3.80. The van der Waals surface area contributed by atoms with Gasteiger partial charge in [-0.3, -0.25) is 4.98 Å². The highest BCUT2D eigenvalue weighted by Crippen LogP contribution is 2.30. The smallest absolute Gasteiger partial charge is 0.382 e. The summed E-state index contributed by atoms with van der Waals surface area (Å²) in [6.45, 7) is 3.77. The highest BCUT2D eigenvalue weighted by atomic mass is 19.4. The Bertz CT molecular complexity index is 606. The van der Waals surface area contributed by atoms with Crippen molar-refractivity contribution in [2.75, 3.05) is 0 Å². The van der Waals surface area contributed by atoms with Gasteiger partial charge in [0.1, 0.15) is 6.10 Å². The van der Waals surface area contributed by atoms with E-state index in [0.29, 0.717) is 5.56 Å². The van der Waals surface area contributed by atoms with Crippen LogP contribution in [-0.4, -0.2) is 10.1 Å². The monoisotopic (exact) mass is 281 g/mol. The zero-order chi connectivity index (χ0) is 14.9. The SMILES string of the molecule is Cc1cccc(C(O)c2ccc(C(F)(F)F)cn2)c1C. The average Bonchev–Trinajstić information content (AvgIpc) is 2.40. The summed E-state index contributed by atoms with van der Waals surface area (Å²) in [5.74, 6) is 0. The zero-order valence-electron chi connectivity index (χ0n) is 11.1. The summed E-state index contributed by atoms with van der Waals surface area (Å²) in [4.78, 5) is 3.72. The van der Waals surface area contributed by atoms with Crippen molar-refractivity contribution < 1.29 is 18.3 Å². The first-order valence-electron chi connectivity index (χ1n) is 6.08. The molecule has 2 rings (SSSR count). The quantitative estimate of drug-likeness (QED) is 0.908. The second kappa shape index (κ2) is 5.25. The van der Waals surface area contributed by atoms with Gasteiger partial charge in [-0.05, 0) is 42.7 Å². The Balaban J connectivity index is 2.34. The number of aliphatic hydroxyl groups is 1. The maximum absolute atomic E-state index is 12.5. The summed E-state index contributed by atoms with van der Waals surface area (Å²) in [5.41, 5.74) is 1.94. The van der Waals surface area contributed by atoms with Crippen LogP contribution in [0.5, 0.6) is 0 Å². The third kappa shape index (κ3) is 2.82. The Hall–Kier alpha value is -1.88. The zero-order valence-corrected chi connectivity index (χ0v) is 11.1. The Kier molecular flexibility index (Phi) is 3.81. The number of rotatable bonds is 2. The number of hydrogen-bond acceptors (Lipinski definition) is 2. The van der Waals surface area contributed by atoms with Crippen LogP contribution >= 0.6 is 0 Å². The predicted molar refractivity (Wildman–Crippen MR) is 69.2 cm³/mol. The van der Waals surface area contributed by atoms with Gasteiger partial charge in [0, 0.05) is 6.20 Å². The van der Waals surface area contributed by atoms with Gasteiger partial charge in [0.05, 0.1) is 11.3 Å². The first kappa shape index (κ1) is 14.5. The van der Waals surface area contributed by atoms with E-state index in [2.05, 4.69) is 4.98 Å². The molecule has 20 heavy (non-hydrogen) atoms. The number of pyridine rings is 1. The molecule has 2 nitrogen and oxygen atoms in total. The lowest BCUT2D eigenvalue weighted by Gasteiger charge is -2.15. The molecular formula is C15H14F3NO. The molecule has 0 amide bonds. The van der Waals surface area contributed by atoms with Crippen molar-refractivity contribution in [1.29, 1.82) is 0 Å². The summed E-state index contributed by atoms with van der Waals surface area (Å²) in [5, 5.41) is 10.2. The molecule has 1 heterocycles. The molecule has 0 aliphatic heterocycles. The molecule has 0 saturated carbocycles. The van der Waals surface area contributed by atoms with Crippen molar-refractivity contribution in [3.8, 4) is 0 Å². The van der Waals surface area contributed by atoms with Crippen molar-refractivity contribution in [2.45, 2.75) is 26.1 Å². The number of hydrogen-bond donors (Lipinski definition) is 1. The molecule has 0 aliphatic rings. The van der Waals surface area contributed by atoms with E-state index < -0.39 is 17.8 Å². The summed E-state index contributed by atoms with van der Waals surface area (Å²) in [7, 11) is 0. The lowest BCUT2D eigenvalue weighted by atomic mass is 9.97. The molecule has 1 unspecified atom stereocenters. The summed E-state index contributed by atoms with van der Waals surface area (Å²) >= 11 is 0. The molecule has 0 spiro atoms. The van der Waals surface area contributed by atoms with Crippen molar-refractivity contribution in [3.63, 3.8) is 0 Å². The molecule has 1 aromatic heterocycles. The molecule has 2 aromatic rings. The second-order valence-corrected chi connectivity index (χ2v) is 4.66. The van der Waals surface area contributed by atoms with Crippen LogP contribution in [0.15, 0.2) is 36.5 Å². The van der Waals surface area contributed by atoms with Crippen LogP contribution < -0.4 is 0 Å². The van der Waals surface area contributed by atoms with Crippen LogP contribution in [0.25, 0.3) is 0 Å². The number of benzene rings is 1. The number of nitrogens with zero attached hydrogens (tertiary/aromatic N) is 1.